The number of hydrogen-bond donors (Lipinski definition) is 2. The van der Waals surface area contributed by atoms with Gasteiger partial charge < -0.3 is 5.11 Å². The predicted octanol–water partition coefficient (Wildman–Crippen LogP) is 1.73. The zero-order chi connectivity index (χ0) is 10.4. The lowest BCUT2D eigenvalue weighted by Gasteiger charge is -2.03. The first-order valence-electron chi connectivity index (χ1n) is 4.02. The standard InChI is InChI=1S/C9H12N2O2/c1-3-7(12)9(6(11)5-10)8(13)4-2/h11-12H,3-4H2,1-2H3/b9-7-,11-6?. The molecule has 0 aromatic carbocycles. The van der Waals surface area contributed by atoms with Crippen molar-refractivity contribution < 1.29 is 9.90 Å². The van der Waals surface area contributed by atoms with Crippen LogP contribution >= 0.6 is 0 Å². The minimum Gasteiger partial charge on any atom is -0.511 e. The van der Waals surface area contributed by atoms with Crippen molar-refractivity contribution in [1.82, 2.24) is 0 Å². The van der Waals surface area contributed by atoms with Gasteiger partial charge in [0.2, 0.25) is 0 Å². The third-order valence-electron chi connectivity index (χ3n) is 1.59. The van der Waals surface area contributed by atoms with Gasteiger partial charge in [0.05, 0.1) is 5.57 Å². The molecule has 0 aliphatic carbocycles. The molecule has 0 atom stereocenters. The maximum atomic E-state index is 11.2. The molecule has 0 amide bonds. The lowest BCUT2D eigenvalue weighted by atomic mass is 10.0. The Kier molecular flexibility index (Phi) is 4.45. The van der Waals surface area contributed by atoms with Crippen molar-refractivity contribution in [3.05, 3.63) is 11.3 Å². The van der Waals surface area contributed by atoms with Crippen molar-refractivity contribution in [2.24, 2.45) is 0 Å². The van der Waals surface area contributed by atoms with E-state index in [1.54, 1.807) is 19.9 Å². The lowest BCUT2D eigenvalue weighted by molar-refractivity contribution is -0.114. The smallest absolute Gasteiger partial charge is 0.168 e. The molecule has 0 radical (unpaired) electrons. The fourth-order valence-corrected chi connectivity index (χ4v) is 0.854. The van der Waals surface area contributed by atoms with Gasteiger partial charge in [0.25, 0.3) is 0 Å². The summed E-state index contributed by atoms with van der Waals surface area (Å²) in [7, 11) is 0. The third kappa shape index (κ3) is 2.71. The molecule has 0 unspecified atom stereocenters. The van der Waals surface area contributed by atoms with E-state index < -0.39 is 5.71 Å². The second kappa shape index (κ2) is 5.09. The molecule has 0 saturated heterocycles. The van der Waals surface area contributed by atoms with Crippen LogP contribution in [0.1, 0.15) is 26.7 Å². The number of nitrogens with zero attached hydrogens (tertiary/aromatic N) is 1. The average Bonchev–Trinajstić information content (AvgIpc) is 2.16. The largest absolute Gasteiger partial charge is 0.511 e. The molecule has 0 fully saturated rings. The molecule has 0 rings (SSSR count). The maximum Gasteiger partial charge on any atom is 0.168 e. The van der Waals surface area contributed by atoms with E-state index in [2.05, 4.69) is 0 Å². The molecule has 0 aromatic rings. The lowest BCUT2D eigenvalue weighted by Crippen LogP contribution is -2.12. The molecule has 0 saturated carbocycles. The first-order chi connectivity index (χ1) is 6.08. The van der Waals surface area contributed by atoms with Gasteiger partial charge >= 0.3 is 0 Å². The van der Waals surface area contributed by atoms with Gasteiger partial charge in [-0.3, -0.25) is 10.2 Å². The van der Waals surface area contributed by atoms with E-state index in [4.69, 9.17) is 10.7 Å². The number of aliphatic hydroxyl groups is 1. The number of nitriles is 1. The summed E-state index contributed by atoms with van der Waals surface area (Å²) >= 11 is 0. The number of ketones is 1. The molecule has 0 aromatic heterocycles. The Morgan fingerprint density at radius 2 is 2.00 bits per heavy atom. The molecule has 4 nitrogen and oxygen atoms in total. The van der Waals surface area contributed by atoms with Gasteiger partial charge in [-0.2, -0.15) is 5.26 Å². The zero-order valence-corrected chi connectivity index (χ0v) is 7.72. The maximum absolute atomic E-state index is 11.2. The van der Waals surface area contributed by atoms with Crippen molar-refractivity contribution in [1.29, 1.82) is 10.7 Å². The fraction of sp³-hybridized carbons (Fsp3) is 0.444. The Balaban J connectivity index is 5.13. The number of aliphatic hydroxyl groups excluding tert-OH is 1. The summed E-state index contributed by atoms with van der Waals surface area (Å²) in [6.45, 7) is 3.28. The van der Waals surface area contributed by atoms with Crippen LogP contribution in [0.4, 0.5) is 0 Å². The van der Waals surface area contributed by atoms with Gasteiger partial charge in [-0.1, -0.05) is 13.8 Å². The summed E-state index contributed by atoms with van der Waals surface area (Å²) < 4.78 is 0. The van der Waals surface area contributed by atoms with Crippen LogP contribution in [0.3, 0.4) is 0 Å². The number of allylic oxidation sites excluding steroid dienone is 2. The number of carbonyl (C=O) groups excluding carboxylic acids is 1. The monoisotopic (exact) mass is 180 g/mol. The molecule has 13 heavy (non-hydrogen) atoms. The molecular formula is C9H12N2O2. The van der Waals surface area contributed by atoms with Gasteiger partial charge in [0.1, 0.15) is 17.5 Å². The van der Waals surface area contributed by atoms with E-state index in [-0.39, 0.29) is 30.0 Å². The fourth-order valence-electron chi connectivity index (χ4n) is 0.854. The highest BCUT2D eigenvalue weighted by molar-refractivity contribution is 6.27. The Morgan fingerprint density at radius 3 is 2.31 bits per heavy atom. The minimum absolute atomic E-state index is 0.146. The molecule has 2 N–H and O–H groups in total. The second-order valence-corrected chi connectivity index (χ2v) is 2.44. The van der Waals surface area contributed by atoms with Crippen LogP contribution in [0.2, 0.25) is 0 Å². The second-order valence-electron chi connectivity index (χ2n) is 2.44. The van der Waals surface area contributed by atoms with Crippen LogP contribution in [-0.4, -0.2) is 16.6 Å². The van der Waals surface area contributed by atoms with E-state index >= 15 is 0 Å². The molecule has 0 bridgehead atoms. The van der Waals surface area contributed by atoms with Crippen molar-refractivity contribution in [3.8, 4) is 6.07 Å². The number of rotatable bonds is 4. The summed E-state index contributed by atoms with van der Waals surface area (Å²) in [6, 6.07) is 1.54. The molecule has 4 heteroatoms. The van der Waals surface area contributed by atoms with Crippen molar-refractivity contribution in [3.63, 3.8) is 0 Å². The van der Waals surface area contributed by atoms with Gasteiger partial charge in [-0.25, -0.2) is 0 Å². The van der Waals surface area contributed by atoms with Crippen molar-refractivity contribution >= 4 is 11.5 Å². The van der Waals surface area contributed by atoms with Gasteiger partial charge in [0.15, 0.2) is 5.78 Å². The number of hydrogen-bond acceptors (Lipinski definition) is 4. The van der Waals surface area contributed by atoms with E-state index in [0.717, 1.165) is 0 Å². The summed E-state index contributed by atoms with van der Waals surface area (Å²) in [6.07, 6.45) is 0.439. The molecule has 0 spiro atoms. The van der Waals surface area contributed by atoms with Crippen LogP contribution in [-0.2, 0) is 4.79 Å². The summed E-state index contributed by atoms with van der Waals surface area (Å²) in [4.78, 5) is 11.2. The Hall–Kier alpha value is -1.63. The average molecular weight is 180 g/mol. The quantitative estimate of drug-likeness (QED) is 0.392. The molecule has 0 aliphatic rings. The number of nitrogens with one attached hydrogen (secondary N) is 1. The van der Waals surface area contributed by atoms with Gasteiger partial charge in [0, 0.05) is 12.8 Å². The molecule has 70 valence electrons. The Morgan fingerprint density at radius 1 is 1.46 bits per heavy atom. The molecule has 0 heterocycles. The minimum atomic E-state index is -0.466. The van der Waals surface area contributed by atoms with Crippen LogP contribution in [0.15, 0.2) is 11.3 Å². The van der Waals surface area contributed by atoms with Gasteiger partial charge in [-0.05, 0) is 0 Å². The first-order valence-corrected chi connectivity index (χ1v) is 4.02. The normalized spacial score (nSPS) is 11.5. The van der Waals surface area contributed by atoms with E-state index in [0.29, 0.717) is 0 Å². The van der Waals surface area contributed by atoms with E-state index in [9.17, 15) is 9.90 Å². The molecular weight excluding hydrogens is 168 g/mol. The Labute approximate surface area is 77.0 Å². The summed E-state index contributed by atoms with van der Waals surface area (Å²) in [5, 5.41) is 24.9. The van der Waals surface area contributed by atoms with Crippen LogP contribution in [0.5, 0.6) is 0 Å². The van der Waals surface area contributed by atoms with Crippen LogP contribution < -0.4 is 0 Å². The predicted molar refractivity (Wildman–Crippen MR) is 48.6 cm³/mol. The SMILES string of the molecule is CCC(=O)/C(C(=N)C#N)=C(\O)CC. The third-order valence-corrected chi connectivity index (χ3v) is 1.59. The topological polar surface area (TPSA) is 84.9 Å². The summed E-state index contributed by atoms with van der Waals surface area (Å²) in [5.41, 5.74) is -0.612. The zero-order valence-electron chi connectivity index (χ0n) is 7.72. The van der Waals surface area contributed by atoms with E-state index in [1.807, 2.05) is 0 Å². The highest BCUT2D eigenvalue weighted by Crippen LogP contribution is 2.09. The first kappa shape index (κ1) is 11.4. The molecule has 0 aliphatic heterocycles. The van der Waals surface area contributed by atoms with Crippen molar-refractivity contribution in [2.45, 2.75) is 26.7 Å². The highest BCUT2D eigenvalue weighted by atomic mass is 16.3. The highest BCUT2D eigenvalue weighted by Gasteiger charge is 2.17. The Bertz CT molecular complexity index is 297. The number of Topliss-reactive ketones (excluding diaryl/α,β-unsaturated/α-hetero) is 1. The van der Waals surface area contributed by atoms with E-state index in [1.165, 1.54) is 0 Å². The van der Waals surface area contributed by atoms with Crippen molar-refractivity contribution in [2.75, 3.05) is 0 Å². The van der Waals surface area contributed by atoms with Crippen LogP contribution in [0, 0.1) is 16.7 Å². The van der Waals surface area contributed by atoms with Gasteiger partial charge in [-0.15, -0.1) is 0 Å². The summed E-state index contributed by atoms with van der Waals surface area (Å²) in [5.74, 6) is -0.552. The number of carbonyl (C=O) groups is 1. The van der Waals surface area contributed by atoms with Crippen LogP contribution in [0.25, 0.3) is 0 Å².